The number of unbranched alkanes of at least 4 members (excludes halogenated alkanes) is 10. The van der Waals surface area contributed by atoms with E-state index in [0.717, 1.165) is 201 Å². The Hall–Kier alpha value is 0.800. The fourth-order valence-electron chi connectivity index (χ4n) is 36.9. The van der Waals surface area contributed by atoms with Gasteiger partial charge in [-0.3, -0.25) is 19.6 Å². The van der Waals surface area contributed by atoms with Crippen molar-refractivity contribution in [3.05, 3.63) is 0 Å². The van der Waals surface area contributed by atoms with Gasteiger partial charge in [-0.25, -0.2) is 0 Å². The van der Waals surface area contributed by atoms with Gasteiger partial charge in [-0.1, -0.05) is 219 Å². The van der Waals surface area contributed by atoms with Crippen LogP contribution >= 0.6 is 31.9 Å². The molecular formula is C120H212Br2N4. The van der Waals surface area contributed by atoms with Crippen molar-refractivity contribution in [3.63, 3.8) is 0 Å². The summed E-state index contributed by atoms with van der Waals surface area (Å²) in [5.74, 6) is 18.8. The summed E-state index contributed by atoms with van der Waals surface area (Å²) < 4.78 is 0. The molecule has 16 saturated carbocycles. The van der Waals surface area contributed by atoms with E-state index in [9.17, 15) is 0 Å². The highest BCUT2D eigenvalue weighted by molar-refractivity contribution is 9.09. The summed E-state index contributed by atoms with van der Waals surface area (Å²) in [6.45, 7) is 35.8. The van der Waals surface area contributed by atoms with E-state index in [0.29, 0.717) is 21.7 Å². The second-order valence-electron chi connectivity index (χ2n) is 55.0. The average molecular weight is 1870 g/mol. The third-order valence-corrected chi connectivity index (χ3v) is 46.2. The second-order valence-corrected chi connectivity index (χ2v) is 57.5. The van der Waals surface area contributed by atoms with Crippen molar-refractivity contribution in [2.45, 2.75) is 616 Å². The first-order chi connectivity index (χ1) is 60.7. The monoisotopic (exact) mass is 1870 g/mol. The lowest BCUT2D eigenvalue weighted by Gasteiger charge is -2.69. The number of nitrogens with zero attached hydrogens (tertiary/aromatic N) is 4. The zero-order chi connectivity index (χ0) is 88.0. The lowest BCUT2D eigenvalue weighted by atomic mass is 9.44. The molecule has 0 bridgehead atoms. The summed E-state index contributed by atoms with van der Waals surface area (Å²) in [4.78, 5) is 16.4. The molecule has 0 amide bonds. The van der Waals surface area contributed by atoms with Crippen LogP contribution < -0.4 is 0 Å². The maximum absolute atomic E-state index is 4.42. The van der Waals surface area contributed by atoms with Gasteiger partial charge in [-0.05, 0) is 487 Å². The van der Waals surface area contributed by atoms with Gasteiger partial charge in [0.15, 0.2) is 0 Å². The second kappa shape index (κ2) is 45.8. The Labute approximate surface area is 801 Å². The third kappa shape index (κ3) is 24.6. The largest absolute Gasteiger partial charge is 0.294 e. The van der Waals surface area contributed by atoms with Crippen molar-refractivity contribution in [1.82, 2.24) is 19.6 Å². The molecule has 0 aromatic carbocycles. The van der Waals surface area contributed by atoms with Crippen LogP contribution in [0.25, 0.3) is 0 Å². The minimum Gasteiger partial charge on any atom is -0.294 e. The van der Waals surface area contributed by atoms with Crippen LogP contribution in [0.15, 0.2) is 0 Å². The molecule has 0 spiro atoms. The van der Waals surface area contributed by atoms with Crippen molar-refractivity contribution in [1.29, 1.82) is 0 Å². The van der Waals surface area contributed by atoms with Gasteiger partial charge in [0.25, 0.3) is 0 Å². The van der Waals surface area contributed by atoms with Gasteiger partial charge >= 0.3 is 0 Å². The summed E-state index contributed by atoms with van der Waals surface area (Å²) in [6.07, 6.45) is 103. The summed E-state index contributed by atoms with van der Waals surface area (Å²) in [7, 11) is 0. The maximum Gasteiger partial charge on any atom is 0.0147 e. The predicted octanol–water partition coefficient (Wildman–Crippen LogP) is 35.4. The lowest BCUT2D eigenvalue weighted by Crippen LogP contribution is -2.72. The van der Waals surface area contributed by atoms with Crippen molar-refractivity contribution >= 4 is 31.9 Å². The Bertz CT molecular complexity index is 2760. The first-order valence-corrected chi connectivity index (χ1v) is 60.9. The Morgan fingerprint density at radius 3 is 0.571 bits per heavy atom. The molecule has 16 aliphatic carbocycles. The van der Waals surface area contributed by atoms with Gasteiger partial charge in [-0.15, -0.1) is 0 Å². The van der Waals surface area contributed by atoms with Gasteiger partial charge < -0.3 is 0 Å². The van der Waals surface area contributed by atoms with Crippen LogP contribution in [-0.2, 0) is 0 Å². The van der Waals surface area contributed by atoms with Crippen LogP contribution in [0.1, 0.15) is 534 Å². The molecular weight excluding hydrogens is 1660 g/mol. The molecule has 0 radical (unpaired) electrons. The quantitative estimate of drug-likeness (QED) is 0.0525. The summed E-state index contributed by atoms with van der Waals surface area (Å²) >= 11 is 8.83. The fraction of sp³-hybridized carbons (Fsp3) is 1.00. The molecule has 126 heavy (non-hydrogen) atoms. The van der Waals surface area contributed by atoms with E-state index in [2.05, 4.69) is 148 Å². The molecule has 6 heteroatoms. The average Bonchev–Trinajstić information content (AvgIpc) is 0.698. The van der Waals surface area contributed by atoms with E-state index in [-0.39, 0.29) is 0 Å². The minimum atomic E-state index is 0.462. The molecule has 0 heterocycles. The highest BCUT2D eigenvalue weighted by Gasteiger charge is 2.65. The topological polar surface area (TPSA) is 13.0 Å². The SMILES string of the molecule is CCCCCCCCC1CCC(N(C2CCC(Br)CC2)C2CC(N(C3CCC(C4CCC(C(C)(C)C)CC4)CC3)C3CCC(C4CCC(C(C)(C)C)CC4)CC3)C3CCC4C5C(CCC2C35)C(N(C2CCC(C3CCC(C(C)(C)C)CC3)CC2)C2CCC(C3CCC(C(C)(C)C)CC3)CC2)CC4N(C2CCC(Br)CC2)C2CCC(CCCCCCCC)CC2)CC1. The first kappa shape index (κ1) is 99.8. The Morgan fingerprint density at radius 2 is 0.373 bits per heavy atom. The van der Waals surface area contributed by atoms with Gasteiger partial charge in [0, 0.05) is 82.2 Å². The molecule has 0 saturated heterocycles. The number of alkyl halides is 2. The van der Waals surface area contributed by atoms with E-state index in [1.807, 2.05) is 0 Å². The summed E-state index contributed by atoms with van der Waals surface area (Å²) in [5, 5.41) is 0. The van der Waals surface area contributed by atoms with Crippen LogP contribution in [0.3, 0.4) is 0 Å². The van der Waals surface area contributed by atoms with Gasteiger partial charge in [0.05, 0.1) is 0 Å². The van der Waals surface area contributed by atoms with Crippen LogP contribution in [-0.4, -0.2) is 102 Å². The molecule has 10 atom stereocenters. The van der Waals surface area contributed by atoms with Crippen LogP contribution in [0.2, 0.25) is 0 Å². The maximum atomic E-state index is 4.42. The molecule has 16 rings (SSSR count). The minimum absolute atomic E-state index is 0.462. The van der Waals surface area contributed by atoms with E-state index < -0.39 is 0 Å². The van der Waals surface area contributed by atoms with Crippen LogP contribution in [0, 0.1) is 140 Å². The van der Waals surface area contributed by atoms with E-state index >= 15 is 0 Å². The summed E-state index contributed by atoms with van der Waals surface area (Å²) in [6, 6.07) is 9.45. The van der Waals surface area contributed by atoms with E-state index in [1.165, 1.54) is 347 Å². The Morgan fingerprint density at radius 1 is 0.198 bits per heavy atom. The van der Waals surface area contributed by atoms with E-state index in [4.69, 9.17) is 0 Å². The van der Waals surface area contributed by atoms with Crippen LogP contribution in [0.5, 0.6) is 0 Å². The zero-order valence-electron chi connectivity index (χ0n) is 86.3. The Balaban J connectivity index is 0.793. The molecule has 0 aliphatic heterocycles. The zero-order valence-corrected chi connectivity index (χ0v) is 89.4. The van der Waals surface area contributed by atoms with Crippen molar-refractivity contribution in [2.24, 2.45) is 140 Å². The molecule has 10 unspecified atom stereocenters. The van der Waals surface area contributed by atoms with Gasteiger partial charge in [0.2, 0.25) is 0 Å². The number of hydrogen-bond donors (Lipinski definition) is 0. The molecule has 4 nitrogen and oxygen atoms in total. The highest BCUT2D eigenvalue weighted by atomic mass is 79.9. The number of hydrogen-bond acceptors (Lipinski definition) is 4. The molecule has 726 valence electrons. The molecule has 16 aliphatic rings. The Kier molecular flexibility index (Phi) is 36.3. The smallest absolute Gasteiger partial charge is 0.0147 e. The van der Waals surface area contributed by atoms with Crippen molar-refractivity contribution in [3.8, 4) is 0 Å². The number of rotatable bonds is 30. The predicted molar refractivity (Wildman–Crippen MR) is 551 cm³/mol. The fourth-order valence-corrected chi connectivity index (χ4v) is 38.0. The van der Waals surface area contributed by atoms with E-state index in [1.54, 1.807) is 89.9 Å². The van der Waals surface area contributed by atoms with Gasteiger partial charge in [0.1, 0.15) is 0 Å². The molecule has 16 fully saturated rings. The van der Waals surface area contributed by atoms with Crippen molar-refractivity contribution < 1.29 is 0 Å². The molecule has 0 aromatic rings. The first-order valence-electron chi connectivity index (χ1n) is 59.1. The van der Waals surface area contributed by atoms with Crippen LogP contribution in [0.4, 0.5) is 0 Å². The summed E-state index contributed by atoms with van der Waals surface area (Å²) in [5.41, 5.74) is 1.85. The molecule has 0 N–H and O–H groups in total. The molecule has 0 aromatic heterocycles. The highest BCUT2D eigenvalue weighted by Crippen LogP contribution is 2.66. The standard InChI is InChI=1S/C120H212Br2N4/c1-15-17-19-21-23-25-27-83-29-61-99(62-30-83)123(105-73-57-97(121)58-74-105)111-81-113(125(101-65-41-89(42-66-101)85-33-49-93(50-34-85)117(3,4)5)102-67-43-90(44-68-102)86-35-51-94(52-36-86)118(6,7)8)109-80-78-108-112(124(106-75-59-98(122)60-76-106)100-63-31-84(32-64-100)28-26-24-22-20-18-16-2)82-114(110-79-77-107(111)115(109)116(108)110)126(103-69-45-91(46-70-103)87-37-53-95(54-38-87)119(9,10)11)104-71-47-92(48-72-104)88-39-55-96(56-40-88)120(12,13)14/h83-116H,15-82H2,1-14H3. The number of halogens is 2. The van der Waals surface area contributed by atoms with Crippen molar-refractivity contribution in [2.75, 3.05) is 0 Å². The lowest BCUT2D eigenvalue weighted by molar-refractivity contribution is -0.197. The third-order valence-electron chi connectivity index (χ3n) is 44.4. The normalized spacial score (nSPS) is 43.5. The van der Waals surface area contributed by atoms with Gasteiger partial charge in [-0.2, -0.15) is 0 Å².